The Hall–Kier alpha value is -2.16. The molecule has 3 rings (SSSR count). The van der Waals surface area contributed by atoms with Gasteiger partial charge in [-0.15, -0.1) is 0 Å². The Morgan fingerprint density at radius 2 is 1.88 bits per heavy atom. The van der Waals surface area contributed by atoms with Crippen molar-refractivity contribution in [3.8, 4) is 5.75 Å². The molecular formula is C15H18N2O6S. The normalized spacial score (nSPS) is 22.1. The first-order valence-corrected chi connectivity index (χ1v) is 9.57. The van der Waals surface area contributed by atoms with Gasteiger partial charge in [0.25, 0.3) is 11.6 Å². The summed E-state index contributed by atoms with van der Waals surface area (Å²) in [5.41, 5.74) is -0.0514. The van der Waals surface area contributed by atoms with E-state index < -0.39 is 14.8 Å². The third-order valence-corrected chi connectivity index (χ3v) is 5.99. The maximum absolute atomic E-state index is 12.5. The van der Waals surface area contributed by atoms with Crippen molar-refractivity contribution >= 4 is 21.4 Å². The molecule has 1 aromatic carbocycles. The lowest BCUT2D eigenvalue weighted by molar-refractivity contribution is -0.384. The number of amides is 1. The number of hydrogen-bond acceptors (Lipinski definition) is 6. The second-order valence-corrected chi connectivity index (χ2v) is 8.36. The quantitative estimate of drug-likeness (QED) is 0.560. The number of nitro benzene ring substituents is 1. The number of hydrogen-bond donors (Lipinski definition) is 0. The van der Waals surface area contributed by atoms with Gasteiger partial charge in [-0.2, -0.15) is 0 Å². The highest BCUT2D eigenvalue weighted by Crippen LogP contribution is 2.32. The van der Waals surface area contributed by atoms with Crippen molar-refractivity contribution in [1.29, 1.82) is 0 Å². The molecule has 24 heavy (non-hydrogen) atoms. The first-order chi connectivity index (χ1) is 11.4. The number of sulfone groups is 1. The topological polar surface area (TPSA) is 107 Å². The van der Waals surface area contributed by atoms with Gasteiger partial charge in [-0.1, -0.05) is 0 Å². The maximum Gasteiger partial charge on any atom is 0.269 e. The summed E-state index contributed by atoms with van der Waals surface area (Å²) in [5, 5.41) is 10.6. The van der Waals surface area contributed by atoms with Gasteiger partial charge >= 0.3 is 0 Å². The highest BCUT2D eigenvalue weighted by molar-refractivity contribution is 7.91. The van der Waals surface area contributed by atoms with Crippen molar-refractivity contribution in [2.24, 2.45) is 0 Å². The molecule has 2 aliphatic rings. The lowest BCUT2D eigenvalue weighted by Crippen LogP contribution is -2.45. The van der Waals surface area contributed by atoms with Crippen molar-refractivity contribution in [2.45, 2.75) is 31.3 Å². The minimum absolute atomic E-state index is 0.0206. The molecule has 1 aliphatic heterocycles. The van der Waals surface area contributed by atoms with Crippen LogP contribution in [0, 0.1) is 10.1 Å². The Balaban J connectivity index is 1.61. The predicted octanol–water partition coefficient (Wildman–Crippen LogP) is 1.15. The van der Waals surface area contributed by atoms with E-state index in [0.29, 0.717) is 12.2 Å². The monoisotopic (exact) mass is 354 g/mol. The minimum Gasteiger partial charge on any atom is -0.484 e. The number of carbonyl (C=O) groups excluding carboxylic acids is 1. The highest BCUT2D eigenvalue weighted by Gasteiger charge is 2.42. The third-order valence-electron chi connectivity index (χ3n) is 4.24. The molecule has 8 nitrogen and oxygen atoms in total. The fraction of sp³-hybridized carbons (Fsp3) is 0.533. The molecule has 1 saturated heterocycles. The van der Waals surface area contributed by atoms with Crippen LogP contribution in [0.5, 0.6) is 5.75 Å². The van der Waals surface area contributed by atoms with E-state index in [2.05, 4.69) is 0 Å². The molecule has 1 aliphatic carbocycles. The van der Waals surface area contributed by atoms with Crippen molar-refractivity contribution in [3.05, 3.63) is 34.4 Å². The van der Waals surface area contributed by atoms with Crippen molar-refractivity contribution < 1.29 is 22.9 Å². The van der Waals surface area contributed by atoms with Crippen LogP contribution in [0.4, 0.5) is 5.69 Å². The zero-order valence-electron chi connectivity index (χ0n) is 13.0. The van der Waals surface area contributed by atoms with Gasteiger partial charge in [0.05, 0.1) is 16.4 Å². The van der Waals surface area contributed by atoms with E-state index in [0.717, 1.165) is 12.8 Å². The third kappa shape index (κ3) is 3.84. The second kappa shape index (κ2) is 6.39. The number of ether oxygens (including phenoxy) is 1. The van der Waals surface area contributed by atoms with Crippen LogP contribution in [0.2, 0.25) is 0 Å². The molecule has 2 fully saturated rings. The molecule has 1 aromatic rings. The van der Waals surface area contributed by atoms with Crippen LogP contribution in [-0.2, 0) is 14.6 Å². The Morgan fingerprint density at radius 3 is 2.38 bits per heavy atom. The first kappa shape index (κ1) is 16.7. The van der Waals surface area contributed by atoms with E-state index in [1.54, 1.807) is 4.90 Å². The molecule has 1 amide bonds. The summed E-state index contributed by atoms with van der Waals surface area (Å²) in [4.78, 5) is 24.2. The summed E-state index contributed by atoms with van der Waals surface area (Å²) in [5.74, 6) is 0.270. The van der Waals surface area contributed by atoms with Gasteiger partial charge in [0.15, 0.2) is 16.4 Å². The molecule has 1 saturated carbocycles. The number of nitrogens with zero attached hydrogens (tertiary/aromatic N) is 2. The number of rotatable bonds is 6. The Morgan fingerprint density at radius 1 is 1.21 bits per heavy atom. The van der Waals surface area contributed by atoms with E-state index >= 15 is 0 Å². The Labute approximate surface area is 139 Å². The van der Waals surface area contributed by atoms with Gasteiger partial charge in [0, 0.05) is 24.2 Å². The summed E-state index contributed by atoms with van der Waals surface area (Å²) in [6.45, 7) is -0.204. The average molecular weight is 354 g/mol. The van der Waals surface area contributed by atoms with Gasteiger partial charge in [-0.05, 0) is 31.4 Å². The van der Waals surface area contributed by atoms with E-state index in [1.807, 2.05) is 0 Å². The summed E-state index contributed by atoms with van der Waals surface area (Å²) in [6.07, 6.45) is 2.25. The van der Waals surface area contributed by atoms with Gasteiger partial charge in [-0.25, -0.2) is 8.42 Å². The Bertz CT molecular complexity index is 742. The van der Waals surface area contributed by atoms with Gasteiger partial charge in [0.2, 0.25) is 0 Å². The fourth-order valence-corrected chi connectivity index (χ4v) is 4.65. The average Bonchev–Trinajstić information content (AvgIpc) is 3.29. The number of carbonyl (C=O) groups is 1. The minimum atomic E-state index is -3.06. The van der Waals surface area contributed by atoms with Crippen molar-refractivity contribution in [1.82, 2.24) is 4.90 Å². The van der Waals surface area contributed by atoms with Crippen molar-refractivity contribution in [2.75, 3.05) is 18.1 Å². The van der Waals surface area contributed by atoms with Crippen molar-refractivity contribution in [3.63, 3.8) is 0 Å². The number of non-ortho nitro benzene ring substituents is 1. The maximum atomic E-state index is 12.5. The molecule has 0 bridgehead atoms. The molecule has 0 spiro atoms. The molecule has 130 valence electrons. The molecule has 0 radical (unpaired) electrons. The summed E-state index contributed by atoms with van der Waals surface area (Å²) in [7, 11) is -3.06. The second-order valence-electron chi connectivity index (χ2n) is 6.13. The van der Waals surface area contributed by atoms with Gasteiger partial charge in [-0.3, -0.25) is 14.9 Å². The van der Waals surface area contributed by atoms with Crippen LogP contribution in [-0.4, -0.2) is 54.3 Å². The SMILES string of the molecule is O=C(COc1ccc([N+](=O)[O-])cc1)N(C1CC1)[C@H]1CCS(=O)(=O)C1. The van der Waals surface area contributed by atoms with Gasteiger partial charge in [0.1, 0.15) is 5.75 Å². The standard InChI is InChI=1S/C15H18N2O6S/c18-15(9-23-14-5-3-12(4-6-14)17(19)20)16(11-1-2-11)13-7-8-24(21,22)10-13/h3-6,11,13H,1-2,7-10H2/t13-/m0/s1. The Kier molecular flexibility index (Phi) is 4.44. The molecule has 9 heteroatoms. The van der Waals surface area contributed by atoms with E-state index in [-0.39, 0.29) is 41.8 Å². The summed E-state index contributed by atoms with van der Waals surface area (Å²) in [6, 6.07) is 5.33. The van der Waals surface area contributed by atoms with Crippen LogP contribution in [0.3, 0.4) is 0 Å². The van der Waals surface area contributed by atoms with Crippen LogP contribution in [0.25, 0.3) is 0 Å². The van der Waals surface area contributed by atoms with E-state index in [9.17, 15) is 23.3 Å². The smallest absolute Gasteiger partial charge is 0.269 e. The lowest BCUT2D eigenvalue weighted by Gasteiger charge is -2.28. The van der Waals surface area contributed by atoms with Crippen LogP contribution >= 0.6 is 0 Å². The van der Waals surface area contributed by atoms with E-state index in [1.165, 1.54) is 24.3 Å². The summed E-state index contributed by atoms with van der Waals surface area (Å²) >= 11 is 0. The zero-order valence-corrected chi connectivity index (χ0v) is 13.8. The molecule has 1 heterocycles. The molecule has 1 atom stereocenters. The summed E-state index contributed by atoms with van der Waals surface area (Å²) < 4.78 is 28.7. The van der Waals surface area contributed by atoms with Crippen LogP contribution in [0.1, 0.15) is 19.3 Å². The molecule has 0 unspecified atom stereocenters. The lowest BCUT2D eigenvalue weighted by atomic mass is 10.2. The molecule has 0 aromatic heterocycles. The van der Waals surface area contributed by atoms with Crippen LogP contribution < -0.4 is 4.74 Å². The largest absolute Gasteiger partial charge is 0.484 e. The number of nitro groups is 1. The van der Waals surface area contributed by atoms with Crippen LogP contribution in [0.15, 0.2) is 24.3 Å². The fourth-order valence-electron chi connectivity index (χ4n) is 2.94. The zero-order chi connectivity index (χ0) is 17.3. The van der Waals surface area contributed by atoms with Gasteiger partial charge < -0.3 is 9.64 Å². The predicted molar refractivity (Wildman–Crippen MR) is 85.5 cm³/mol. The first-order valence-electron chi connectivity index (χ1n) is 7.74. The highest BCUT2D eigenvalue weighted by atomic mass is 32.2. The molecule has 0 N–H and O–H groups in total. The number of benzene rings is 1. The molecular weight excluding hydrogens is 336 g/mol. The van der Waals surface area contributed by atoms with E-state index in [4.69, 9.17) is 4.74 Å².